The van der Waals surface area contributed by atoms with Crippen LogP contribution in [0.3, 0.4) is 0 Å². The van der Waals surface area contributed by atoms with Gasteiger partial charge in [0.05, 0.1) is 12.7 Å². The highest BCUT2D eigenvalue weighted by atomic mass is 19.1. The molecule has 0 aliphatic heterocycles. The first-order valence-corrected chi connectivity index (χ1v) is 6.32. The Morgan fingerprint density at radius 3 is 2.63 bits per heavy atom. The fraction of sp³-hybridized carbons (Fsp3) is 0.500. The number of nitrogens with zero attached hydrogens (tertiary/aromatic N) is 1. The molecule has 19 heavy (non-hydrogen) atoms. The second kappa shape index (κ2) is 7.09. The average molecular weight is 268 g/mol. The summed E-state index contributed by atoms with van der Waals surface area (Å²) in [5.41, 5.74) is 6.20. The van der Waals surface area contributed by atoms with Crippen LogP contribution in [0.1, 0.15) is 38.3 Å². The SMILES string of the molecule is CC(C)CC(C)OCc1ccc(/C(N)=N/O)cc1F. The van der Waals surface area contributed by atoms with E-state index in [1.54, 1.807) is 12.1 Å². The zero-order valence-corrected chi connectivity index (χ0v) is 11.6. The van der Waals surface area contributed by atoms with E-state index in [2.05, 4.69) is 19.0 Å². The third-order valence-corrected chi connectivity index (χ3v) is 2.78. The van der Waals surface area contributed by atoms with Gasteiger partial charge < -0.3 is 15.7 Å². The van der Waals surface area contributed by atoms with Gasteiger partial charge in [0.1, 0.15) is 5.82 Å². The predicted octanol–water partition coefficient (Wildman–Crippen LogP) is 2.87. The Labute approximate surface area is 113 Å². The zero-order valence-electron chi connectivity index (χ0n) is 11.6. The fourth-order valence-corrected chi connectivity index (χ4v) is 1.85. The lowest BCUT2D eigenvalue weighted by molar-refractivity contribution is 0.0382. The Kier molecular flexibility index (Phi) is 5.76. The maximum absolute atomic E-state index is 13.8. The van der Waals surface area contributed by atoms with Gasteiger partial charge in [0.25, 0.3) is 0 Å². The Bertz CT molecular complexity index is 447. The molecule has 0 amide bonds. The van der Waals surface area contributed by atoms with E-state index in [9.17, 15) is 4.39 Å². The van der Waals surface area contributed by atoms with E-state index in [0.29, 0.717) is 17.0 Å². The van der Waals surface area contributed by atoms with Crippen molar-refractivity contribution < 1.29 is 14.3 Å². The first-order valence-electron chi connectivity index (χ1n) is 6.32. The van der Waals surface area contributed by atoms with E-state index in [1.807, 2.05) is 6.92 Å². The lowest BCUT2D eigenvalue weighted by Gasteiger charge is -2.15. The van der Waals surface area contributed by atoms with E-state index in [1.165, 1.54) is 6.07 Å². The number of amidine groups is 1. The fourth-order valence-electron chi connectivity index (χ4n) is 1.85. The molecule has 0 heterocycles. The highest BCUT2D eigenvalue weighted by Crippen LogP contribution is 2.14. The Morgan fingerprint density at radius 1 is 1.42 bits per heavy atom. The maximum Gasteiger partial charge on any atom is 0.170 e. The lowest BCUT2D eigenvalue weighted by Crippen LogP contribution is -2.14. The number of hydrogen-bond acceptors (Lipinski definition) is 3. The van der Waals surface area contributed by atoms with Crippen LogP contribution in [0.15, 0.2) is 23.4 Å². The van der Waals surface area contributed by atoms with Gasteiger partial charge in [-0.25, -0.2) is 4.39 Å². The Balaban J connectivity index is 2.65. The summed E-state index contributed by atoms with van der Waals surface area (Å²) >= 11 is 0. The second-order valence-electron chi connectivity index (χ2n) is 5.04. The van der Waals surface area contributed by atoms with Crippen molar-refractivity contribution in [1.82, 2.24) is 0 Å². The number of benzene rings is 1. The number of oxime groups is 1. The molecule has 0 spiro atoms. The van der Waals surface area contributed by atoms with Crippen molar-refractivity contribution in [2.45, 2.75) is 39.9 Å². The van der Waals surface area contributed by atoms with Crippen LogP contribution >= 0.6 is 0 Å². The normalized spacial score (nSPS) is 13.8. The molecule has 106 valence electrons. The van der Waals surface area contributed by atoms with Crippen molar-refractivity contribution in [1.29, 1.82) is 0 Å². The molecule has 1 atom stereocenters. The quantitative estimate of drug-likeness (QED) is 0.361. The molecule has 0 bridgehead atoms. The van der Waals surface area contributed by atoms with Crippen molar-refractivity contribution in [3.05, 3.63) is 35.1 Å². The minimum Gasteiger partial charge on any atom is -0.409 e. The van der Waals surface area contributed by atoms with Crippen LogP contribution in [0.5, 0.6) is 0 Å². The van der Waals surface area contributed by atoms with Gasteiger partial charge in [0.2, 0.25) is 0 Å². The third kappa shape index (κ3) is 4.87. The first-order chi connectivity index (χ1) is 8.93. The predicted molar refractivity (Wildman–Crippen MR) is 72.6 cm³/mol. The van der Waals surface area contributed by atoms with Crippen molar-refractivity contribution in [2.24, 2.45) is 16.8 Å². The molecule has 0 aliphatic carbocycles. The molecule has 0 aromatic heterocycles. The van der Waals surface area contributed by atoms with Gasteiger partial charge in [0.15, 0.2) is 5.84 Å². The molecule has 0 radical (unpaired) electrons. The summed E-state index contributed by atoms with van der Waals surface area (Å²) in [5.74, 6) is 0.0168. The van der Waals surface area contributed by atoms with Crippen LogP contribution in [0.2, 0.25) is 0 Å². The number of halogens is 1. The summed E-state index contributed by atoms with van der Waals surface area (Å²) in [6.45, 7) is 6.43. The number of rotatable bonds is 6. The van der Waals surface area contributed by atoms with Crippen LogP contribution < -0.4 is 5.73 Å². The number of nitrogens with two attached hydrogens (primary N) is 1. The highest BCUT2D eigenvalue weighted by molar-refractivity contribution is 5.97. The molecule has 0 fully saturated rings. The van der Waals surface area contributed by atoms with E-state index < -0.39 is 5.82 Å². The highest BCUT2D eigenvalue weighted by Gasteiger charge is 2.09. The molecular formula is C14H21FN2O2. The van der Waals surface area contributed by atoms with Gasteiger partial charge in [-0.05, 0) is 25.3 Å². The standard InChI is InChI=1S/C14H21FN2O2/c1-9(2)6-10(3)19-8-12-5-4-11(7-13(12)15)14(16)17-18/h4-5,7,9-10,18H,6,8H2,1-3H3,(H2,16,17). The van der Waals surface area contributed by atoms with Gasteiger partial charge >= 0.3 is 0 Å². The Morgan fingerprint density at radius 2 is 2.11 bits per heavy atom. The Hall–Kier alpha value is -1.62. The third-order valence-electron chi connectivity index (χ3n) is 2.78. The van der Waals surface area contributed by atoms with Crippen LogP contribution in [0.4, 0.5) is 4.39 Å². The molecule has 1 rings (SSSR count). The van der Waals surface area contributed by atoms with Crippen molar-refractivity contribution in [2.75, 3.05) is 0 Å². The molecule has 1 aromatic carbocycles. The molecule has 4 nitrogen and oxygen atoms in total. The van der Waals surface area contributed by atoms with E-state index in [-0.39, 0.29) is 18.5 Å². The van der Waals surface area contributed by atoms with Crippen molar-refractivity contribution in [3.63, 3.8) is 0 Å². The minimum atomic E-state index is -0.416. The van der Waals surface area contributed by atoms with Crippen LogP contribution in [0.25, 0.3) is 0 Å². The summed E-state index contributed by atoms with van der Waals surface area (Å²) in [5, 5.41) is 11.4. The van der Waals surface area contributed by atoms with Gasteiger partial charge in [-0.2, -0.15) is 0 Å². The van der Waals surface area contributed by atoms with Gasteiger partial charge in [0, 0.05) is 11.1 Å². The van der Waals surface area contributed by atoms with E-state index in [4.69, 9.17) is 15.7 Å². The van der Waals surface area contributed by atoms with Crippen LogP contribution in [-0.4, -0.2) is 17.1 Å². The topological polar surface area (TPSA) is 67.8 Å². The molecule has 3 N–H and O–H groups in total. The largest absolute Gasteiger partial charge is 0.409 e. The number of hydrogen-bond donors (Lipinski definition) is 2. The molecule has 1 aromatic rings. The number of ether oxygens (including phenoxy) is 1. The summed E-state index contributed by atoms with van der Waals surface area (Å²) in [6, 6.07) is 4.43. The molecule has 0 saturated carbocycles. The molecule has 5 heteroatoms. The monoisotopic (exact) mass is 268 g/mol. The molecule has 0 aliphatic rings. The molecule has 1 unspecified atom stereocenters. The summed E-state index contributed by atoms with van der Waals surface area (Å²) in [7, 11) is 0. The van der Waals surface area contributed by atoms with E-state index in [0.717, 1.165) is 6.42 Å². The van der Waals surface area contributed by atoms with Crippen molar-refractivity contribution in [3.8, 4) is 0 Å². The second-order valence-corrected chi connectivity index (χ2v) is 5.04. The average Bonchev–Trinajstić information content (AvgIpc) is 2.35. The smallest absolute Gasteiger partial charge is 0.170 e. The minimum absolute atomic E-state index is 0.0863. The first kappa shape index (κ1) is 15.4. The summed E-state index contributed by atoms with van der Waals surface area (Å²) < 4.78 is 19.4. The van der Waals surface area contributed by atoms with Gasteiger partial charge in [-0.3, -0.25) is 0 Å². The van der Waals surface area contributed by atoms with E-state index >= 15 is 0 Å². The van der Waals surface area contributed by atoms with Crippen molar-refractivity contribution >= 4 is 5.84 Å². The molecule has 0 saturated heterocycles. The summed E-state index contributed by atoms with van der Waals surface area (Å²) in [4.78, 5) is 0. The van der Waals surface area contributed by atoms with Crippen LogP contribution in [0, 0.1) is 11.7 Å². The maximum atomic E-state index is 13.8. The lowest BCUT2D eigenvalue weighted by atomic mass is 10.1. The molecular weight excluding hydrogens is 247 g/mol. The van der Waals surface area contributed by atoms with Gasteiger partial charge in [-0.1, -0.05) is 31.1 Å². The van der Waals surface area contributed by atoms with Crippen LogP contribution in [-0.2, 0) is 11.3 Å². The zero-order chi connectivity index (χ0) is 14.4. The summed E-state index contributed by atoms with van der Waals surface area (Å²) in [6.07, 6.45) is 1.02. The van der Waals surface area contributed by atoms with Gasteiger partial charge in [-0.15, -0.1) is 0 Å².